The third-order valence-corrected chi connectivity index (χ3v) is 2.69. The van der Waals surface area contributed by atoms with Crippen molar-refractivity contribution in [1.29, 1.82) is 0 Å². The van der Waals surface area contributed by atoms with Crippen molar-refractivity contribution in [2.45, 2.75) is 6.54 Å². The van der Waals surface area contributed by atoms with Crippen molar-refractivity contribution in [2.75, 3.05) is 14.1 Å². The molecule has 0 radical (unpaired) electrons. The van der Waals surface area contributed by atoms with Gasteiger partial charge in [-0.15, -0.1) is 0 Å². The molecule has 0 amide bonds. The second kappa shape index (κ2) is 4.28. The molecule has 0 aliphatic heterocycles. The molecule has 0 atom stereocenters. The van der Waals surface area contributed by atoms with Crippen LogP contribution < -0.4 is 0 Å². The Kier molecular flexibility index (Phi) is 2.99. The lowest BCUT2D eigenvalue weighted by Gasteiger charge is -2.13. The molecule has 84 valence electrons. The molecule has 3 nitrogen and oxygen atoms in total. The van der Waals surface area contributed by atoms with E-state index in [9.17, 15) is 5.11 Å². The highest BCUT2D eigenvalue weighted by atomic mass is 35.5. The van der Waals surface area contributed by atoms with E-state index in [1.54, 1.807) is 18.3 Å². The largest absolute Gasteiger partial charge is 0.505 e. The number of hydrogen-bond acceptors (Lipinski definition) is 3. The Labute approximate surface area is 99.3 Å². The zero-order valence-electron chi connectivity index (χ0n) is 9.24. The van der Waals surface area contributed by atoms with Gasteiger partial charge in [-0.25, -0.2) is 0 Å². The van der Waals surface area contributed by atoms with E-state index < -0.39 is 0 Å². The van der Waals surface area contributed by atoms with Gasteiger partial charge in [0, 0.05) is 23.7 Å². The summed E-state index contributed by atoms with van der Waals surface area (Å²) in [5.74, 6) is 0.216. The molecule has 0 saturated heterocycles. The lowest BCUT2D eigenvalue weighted by Crippen LogP contribution is -2.10. The molecule has 0 unspecified atom stereocenters. The Morgan fingerprint density at radius 3 is 2.88 bits per heavy atom. The lowest BCUT2D eigenvalue weighted by atomic mass is 10.1. The standard InChI is InChI=1S/C12H13ClN2O/c1-15(2)7-8-6-10(13)9-4-3-5-14-11(9)12(8)16/h3-6,16H,7H2,1-2H3. The first kappa shape index (κ1) is 11.2. The van der Waals surface area contributed by atoms with E-state index in [-0.39, 0.29) is 5.75 Å². The molecule has 16 heavy (non-hydrogen) atoms. The molecule has 2 rings (SSSR count). The fourth-order valence-corrected chi connectivity index (χ4v) is 1.98. The number of nitrogens with zero attached hydrogens (tertiary/aromatic N) is 2. The van der Waals surface area contributed by atoms with Crippen LogP contribution in [0.25, 0.3) is 10.9 Å². The van der Waals surface area contributed by atoms with Gasteiger partial charge < -0.3 is 10.0 Å². The highest BCUT2D eigenvalue weighted by molar-refractivity contribution is 6.35. The highest BCUT2D eigenvalue weighted by Gasteiger charge is 2.11. The van der Waals surface area contributed by atoms with Gasteiger partial charge in [-0.2, -0.15) is 0 Å². The summed E-state index contributed by atoms with van der Waals surface area (Å²) >= 11 is 6.15. The summed E-state index contributed by atoms with van der Waals surface area (Å²) in [5.41, 5.74) is 1.35. The fraction of sp³-hybridized carbons (Fsp3) is 0.250. The van der Waals surface area contributed by atoms with Crippen molar-refractivity contribution in [2.24, 2.45) is 0 Å². The first-order chi connectivity index (χ1) is 7.59. The summed E-state index contributed by atoms with van der Waals surface area (Å²) in [5, 5.41) is 11.5. The number of pyridine rings is 1. The van der Waals surface area contributed by atoms with E-state index in [0.717, 1.165) is 10.9 Å². The predicted octanol–water partition coefficient (Wildman–Crippen LogP) is 2.66. The summed E-state index contributed by atoms with van der Waals surface area (Å²) in [6.07, 6.45) is 1.65. The van der Waals surface area contributed by atoms with Crippen LogP contribution in [0.2, 0.25) is 5.02 Å². The normalized spacial score (nSPS) is 11.2. The monoisotopic (exact) mass is 236 g/mol. The molecular weight excluding hydrogens is 224 g/mol. The van der Waals surface area contributed by atoms with Crippen molar-refractivity contribution in [3.8, 4) is 5.75 Å². The maximum Gasteiger partial charge on any atom is 0.146 e. The Morgan fingerprint density at radius 2 is 2.19 bits per heavy atom. The molecule has 1 N–H and O–H groups in total. The molecule has 0 aliphatic rings. The van der Waals surface area contributed by atoms with Gasteiger partial charge in [0.1, 0.15) is 11.3 Å². The van der Waals surface area contributed by atoms with Crippen LogP contribution in [0.5, 0.6) is 5.75 Å². The minimum Gasteiger partial charge on any atom is -0.505 e. The van der Waals surface area contributed by atoms with Crippen molar-refractivity contribution in [3.05, 3.63) is 35.0 Å². The molecule has 1 heterocycles. The SMILES string of the molecule is CN(C)Cc1cc(Cl)c2cccnc2c1O. The number of hydrogen-bond donors (Lipinski definition) is 1. The first-order valence-corrected chi connectivity index (χ1v) is 5.37. The maximum absolute atomic E-state index is 10.1. The molecule has 0 fully saturated rings. The zero-order chi connectivity index (χ0) is 11.7. The Hall–Kier alpha value is -1.32. The van der Waals surface area contributed by atoms with Crippen LogP contribution in [0.3, 0.4) is 0 Å². The first-order valence-electron chi connectivity index (χ1n) is 4.99. The maximum atomic E-state index is 10.1. The highest BCUT2D eigenvalue weighted by Crippen LogP contribution is 2.33. The second-order valence-electron chi connectivity index (χ2n) is 4.00. The summed E-state index contributed by atoms with van der Waals surface area (Å²) in [7, 11) is 3.88. The van der Waals surface area contributed by atoms with Gasteiger partial charge in [-0.1, -0.05) is 11.6 Å². The van der Waals surface area contributed by atoms with Gasteiger partial charge >= 0.3 is 0 Å². The molecule has 0 spiro atoms. The predicted molar refractivity (Wildman–Crippen MR) is 65.8 cm³/mol. The molecular formula is C12H13ClN2O. The van der Waals surface area contributed by atoms with Gasteiger partial charge in [-0.05, 0) is 32.3 Å². The smallest absolute Gasteiger partial charge is 0.146 e. The van der Waals surface area contributed by atoms with E-state index in [1.807, 2.05) is 25.1 Å². The molecule has 0 bridgehead atoms. The summed E-state index contributed by atoms with van der Waals surface area (Å²) in [4.78, 5) is 6.13. The third kappa shape index (κ3) is 1.96. The average molecular weight is 237 g/mol. The van der Waals surface area contributed by atoms with Crippen LogP contribution in [0, 0.1) is 0 Å². The minimum absolute atomic E-state index is 0.216. The van der Waals surface area contributed by atoms with Gasteiger partial charge in [0.2, 0.25) is 0 Å². The minimum atomic E-state index is 0.216. The summed E-state index contributed by atoms with van der Waals surface area (Å²) in [6.45, 7) is 0.637. The van der Waals surface area contributed by atoms with Gasteiger partial charge in [-0.3, -0.25) is 4.98 Å². The quantitative estimate of drug-likeness (QED) is 0.871. The summed E-state index contributed by atoms with van der Waals surface area (Å²) in [6, 6.07) is 5.45. The Morgan fingerprint density at radius 1 is 1.44 bits per heavy atom. The molecule has 1 aromatic heterocycles. The number of benzene rings is 1. The molecule has 0 aliphatic carbocycles. The van der Waals surface area contributed by atoms with Gasteiger partial charge in [0.15, 0.2) is 0 Å². The topological polar surface area (TPSA) is 36.4 Å². The second-order valence-corrected chi connectivity index (χ2v) is 4.41. The fourth-order valence-electron chi connectivity index (χ4n) is 1.70. The number of phenols is 1. The average Bonchev–Trinajstić information content (AvgIpc) is 2.25. The molecule has 0 saturated carbocycles. The molecule has 2 aromatic rings. The van der Waals surface area contributed by atoms with E-state index in [1.165, 1.54) is 0 Å². The molecule has 1 aromatic carbocycles. The number of phenolic OH excluding ortho intramolecular Hbond substituents is 1. The van der Waals surface area contributed by atoms with E-state index in [0.29, 0.717) is 17.1 Å². The Balaban J connectivity index is 2.65. The van der Waals surface area contributed by atoms with Crippen molar-refractivity contribution >= 4 is 22.5 Å². The van der Waals surface area contributed by atoms with Crippen LogP contribution in [-0.4, -0.2) is 29.1 Å². The zero-order valence-corrected chi connectivity index (χ0v) is 9.99. The number of fused-ring (bicyclic) bond motifs is 1. The van der Waals surface area contributed by atoms with Crippen molar-refractivity contribution in [3.63, 3.8) is 0 Å². The number of rotatable bonds is 2. The van der Waals surface area contributed by atoms with Crippen LogP contribution in [0.1, 0.15) is 5.56 Å². The lowest BCUT2D eigenvalue weighted by molar-refractivity contribution is 0.387. The van der Waals surface area contributed by atoms with Crippen molar-refractivity contribution < 1.29 is 5.11 Å². The summed E-state index contributed by atoms with van der Waals surface area (Å²) < 4.78 is 0. The number of aromatic nitrogens is 1. The van der Waals surface area contributed by atoms with Crippen LogP contribution in [0.15, 0.2) is 24.4 Å². The van der Waals surface area contributed by atoms with E-state index in [4.69, 9.17) is 11.6 Å². The van der Waals surface area contributed by atoms with Crippen LogP contribution in [-0.2, 0) is 6.54 Å². The van der Waals surface area contributed by atoms with Crippen molar-refractivity contribution in [1.82, 2.24) is 9.88 Å². The third-order valence-electron chi connectivity index (χ3n) is 2.38. The van der Waals surface area contributed by atoms with Gasteiger partial charge in [0.05, 0.1) is 5.02 Å². The number of halogens is 1. The van der Waals surface area contributed by atoms with E-state index in [2.05, 4.69) is 4.98 Å². The van der Waals surface area contributed by atoms with Crippen LogP contribution in [0.4, 0.5) is 0 Å². The Bertz CT molecular complexity index is 526. The van der Waals surface area contributed by atoms with Gasteiger partial charge in [0.25, 0.3) is 0 Å². The van der Waals surface area contributed by atoms with Crippen LogP contribution >= 0.6 is 11.6 Å². The number of aromatic hydroxyl groups is 1. The molecule has 4 heteroatoms. The van der Waals surface area contributed by atoms with E-state index >= 15 is 0 Å².